The molecule has 1 heteroatoms. The van der Waals surface area contributed by atoms with Gasteiger partial charge in [0.05, 0.1) is 0 Å². The predicted octanol–water partition coefficient (Wildman–Crippen LogP) is 3.59. The van der Waals surface area contributed by atoms with Crippen molar-refractivity contribution in [2.75, 3.05) is 6.26 Å². The van der Waals surface area contributed by atoms with Gasteiger partial charge in [-0.05, 0) is 36.8 Å². The highest BCUT2D eigenvalue weighted by atomic mass is 32.2. The average Bonchev–Trinajstić information content (AvgIpc) is 1.87. The van der Waals surface area contributed by atoms with Crippen LogP contribution in [-0.2, 0) is 0 Å². The normalized spacial score (nSPS) is 21.1. The molecule has 0 saturated carbocycles. The molecule has 0 nitrogen and oxygen atoms in total. The summed E-state index contributed by atoms with van der Waals surface area (Å²) in [5, 5.41) is 0. The standard InChI is InChI=1S/C9H16S/c1-10-9-7-5-3-2-4-6-8-9/h7H,2-6,8H2,1H3. The Hall–Kier alpha value is 0.0900. The van der Waals surface area contributed by atoms with E-state index < -0.39 is 0 Å². The molecule has 0 N–H and O–H groups in total. The van der Waals surface area contributed by atoms with Crippen molar-refractivity contribution in [2.45, 2.75) is 38.5 Å². The van der Waals surface area contributed by atoms with E-state index in [1.807, 2.05) is 11.8 Å². The Labute approximate surface area is 68.1 Å². The van der Waals surface area contributed by atoms with Gasteiger partial charge in [-0.2, -0.15) is 0 Å². The summed E-state index contributed by atoms with van der Waals surface area (Å²) >= 11 is 1.93. The Bertz CT molecular complexity index is 116. The first-order valence-corrected chi connectivity index (χ1v) is 5.39. The minimum Gasteiger partial charge on any atom is -0.134 e. The quantitative estimate of drug-likeness (QED) is 0.559. The van der Waals surface area contributed by atoms with Crippen LogP contribution in [0.3, 0.4) is 0 Å². The second kappa shape index (κ2) is 4.84. The summed E-state index contributed by atoms with van der Waals surface area (Å²) in [7, 11) is 0. The Kier molecular flexibility index (Phi) is 3.96. The molecule has 0 atom stereocenters. The van der Waals surface area contributed by atoms with E-state index >= 15 is 0 Å². The molecule has 0 radical (unpaired) electrons. The van der Waals surface area contributed by atoms with Crippen LogP contribution in [0.15, 0.2) is 11.0 Å². The molecular weight excluding hydrogens is 140 g/mol. The fourth-order valence-corrected chi connectivity index (χ4v) is 1.98. The average molecular weight is 156 g/mol. The molecule has 0 aromatic carbocycles. The lowest BCUT2D eigenvalue weighted by atomic mass is 10.1. The number of hydrogen-bond acceptors (Lipinski definition) is 1. The summed E-state index contributed by atoms with van der Waals surface area (Å²) in [6, 6.07) is 0. The van der Waals surface area contributed by atoms with Gasteiger partial charge in [-0.1, -0.05) is 18.9 Å². The molecule has 0 aromatic rings. The van der Waals surface area contributed by atoms with Crippen LogP contribution in [0.2, 0.25) is 0 Å². The molecule has 10 heavy (non-hydrogen) atoms. The van der Waals surface area contributed by atoms with Crippen LogP contribution < -0.4 is 0 Å². The van der Waals surface area contributed by atoms with E-state index in [1.54, 1.807) is 4.91 Å². The second-order valence-corrected chi connectivity index (χ2v) is 3.76. The maximum Gasteiger partial charge on any atom is -0.0140 e. The Morgan fingerprint density at radius 3 is 2.80 bits per heavy atom. The van der Waals surface area contributed by atoms with Crippen LogP contribution in [0.4, 0.5) is 0 Å². The van der Waals surface area contributed by atoms with Crippen molar-refractivity contribution >= 4 is 11.8 Å². The van der Waals surface area contributed by atoms with Crippen molar-refractivity contribution in [1.82, 2.24) is 0 Å². The zero-order valence-corrected chi connectivity index (χ0v) is 7.54. The highest BCUT2D eigenvalue weighted by molar-refractivity contribution is 8.02. The fourth-order valence-electron chi connectivity index (χ4n) is 1.35. The molecule has 1 rings (SSSR count). The summed E-state index contributed by atoms with van der Waals surface area (Å²) < 4.78 is 0. The van der Waals surface area contributed by atoms with Crippen LogP contribution in [0.25, 0.3) is 0 Å². The summed E-state index contributed by atoms with van der Waals surface area (Å²) in [5.41, 5.74) is 0. The largest absolute Gasteiger partial charge is 0.134 e. The van der Waals surface area contributed by atoms with Gasteiger partial charge in [0.1, 0.15) is 0 Å². The highest BCUT2D eigenvalue weighted by Crippen LogP contribution is 2.23. The molecule has 1 aliphatic carbocycles. The maximum atomic E-state index is 2.42. The summed E-state index contributed by atoms with van der Waals surface area (Å²) in [5.74, 6) is 0. The van der Waals surface area contributed by atoms with Crippen molar-refractivity contribution in [1.29, 1.82) is 0 Å². The summed E-state index contributed by atoms with van der Waals surface area (Å²) in [6.07, 6.45) is 13.0. The van der Waals surface area contributed by atoms with E-state index in [2.05, 4.69) is 12.3 Å². The van der Waals surface area contributed by atoms with Crippen molar-refractivity contribution in [3.05, 3.63) is 11.0 Å². The third-order valence-corrected chi connectivity index (χ3v) is 2.91. The number of thioether (sulfide) groups is 1. The van der Waals surface area contributed by atoms with Crippen molar-refractivity contribution < 1.29 is 0 Å². The van der Waals surface area contributed by atoms with Crippen molar-refractivity contribution in [2.24, 2.45) is 0 Å². The number of allylic oxidation sites excluding steroid dienone is 2. The van der Waals surface area contributed by atoms with Gasteiger partial charge in [-0.3, -0.25) is 0 Å². The van der Waals surface area contributed by atoms with Crippen LogP contribution in [0.5, 0.6) is 0 Å². The molecule has 0 spiro atoms. The molecular formula is C9H16S. The molecule has 0 fully saturated rings. The molecule has 0 bridgehead atoms. The molecule has 58 valence electrons. The molecule has 0 amide bonds. The third kappa shape index (κ3) is 2.78. The molecule has 0 saturated heterocycles. The number of rotatable bonds is 1. The fraction of sp³-hybridized carbons (Fsp3) is 0.778. The van der Waals surface area contributed by atoms with E-state index in [9.17, 15) is 0 Å². The minimum atomic E-state index is 1.32. The van der Waals surface area contributed by atoms with Gasteiger partial charge in [0.25, 0.3) is 0 Å². The van der Waals surface area contributed by atoms with Crippen molar-refractivity contribution in [3.63, 3.8) is 0 Å². The number of hydrogen-bond donors (Lipinski definition) is 0. The van der Waals surface area contributed by atoms with Gasteiger partial charge in [-0.25, -0.2) is 0 Å². The van der Waals surface area contributed by atoms with Gasteiger partial charge < -0.3 is 0 Å². The van der Waals surface area contributed by atoms with E-state index in [0.29, 0.717) is 0 Å². The summed E-state index contributed by atoms with van der Waals surface area (Å²) in [4.78, 5) is 1.61. The van der Waals surface area contributed by atoms with Gasteiger partial charge in [0, 0.05) is 0 Å². The van der Waals surface area contributed by atoms with Gasteiger partial charge >= 0.3 is 0 Å². The predicted molar refractivity (Wildman–Crippen MR) is 49.3 cm³/mol. The zero-order valence-electron chi connectivity index (χ0n) is 6.73. The molecule has 0 unspecified atom stereocenters. The van der Waals surface area contributed by atoms with Crippen LogP contribution in [0, 0.1) is 0 Å². The summed E-state index contributed by atoms with van der Waals surface area (Å²) in [6.45, 7) is 0. The van der Waals surface area contributed by atoms with E-state index in [1.165, 1.54) is 38.5 Å². The monoisotopic (exact) mass is 156 g/mol. The lowest BCUT2D eigenvalue weighted by Crippen LogP contribution is -1.85. The third-order valence-electron chi connectivity index (χ3n) is 2.01. The topological polar surface area (TPSA) is 0 Å². The van der Waals surface area contributed by atoms with Crippen LogP contribution in [-0.4, -0.2) is 6.26 Å². The van der Waals surface area contributed by atoms with Crippen LogP contribution >= 0.6 is 11.8 Å². The van der Waals surface area contributed by atoms with Gasteiger partial charge in [0.15, 0.2) is 0 Å². The lowest BCUT2D eigenvalue weighted by Gasteiger charge is -2.07. The van der Waals surface area contributed by atoms with E-state index in [4.69, 9.17) is 0 Å². The Morgan fingerprint density at radius 1 is 1.20 bits per heavy atom. The van der Waals surface area contributed by atoms with Gasteiger partial charge in [-0.15, -0.1) is 11.8 Å². The highest BCUT2D eigenvalue weighted by Gasteiger charge is 1.99. The molecule has 0 aromatic heterocycles. The smallest absolute Gasteiger partial charge is 0.0140 e. The second-order valence-electron chi connectivity index (χ2n) is 2.83. The zero-order chi connectivity index (χ0) is 7.23. The van der Waals surface area contributed by atoms with Crippen LogP contribution in [0.1, 0.15) is 38.5 Å². The van der Waals surface area contributed by atoms with E-state index in [0.717, 1.165) is 0 Å². The van der Waals surface area contributed by atoms with E-state index in [-0.39, 0.29) is 0 Å². The lowest BCUT2D eigenvalue weighted by molar-refractivity contribution is 0.635. The first kappa shape index (κ1) is 8.19. The van der Waals surface area contributed by atoms with Crippen molar-refractivity contribution in [3.8, 4) is 0 Å². The Morgan fingerprint density at radius 2 is 2.00 bits per heavy atom. The molecule has 0 heterocycles. The first-order valence-electron chi connectivity index (χ1n) is 4.16. The Balaban J connectivity index is 2.35. The van der Waals surface area contributed by atoms with Gasteiger partial charge in [0.2, 0.25) is 0 Å². The maximum absolute atomic E-state index is 2.42. The SMILES string of the molecule is CSC1=CCCCCCC1. The molecule has 1 aliphatic rings. The first-order chi connectivity index (χ1) is 4.93. The minimum absolute atomic E-state index is 1.32. The molecule has 0 aliphatic heterocycles.